The predicted molar refractivity (Wildman–Crippen MR) is 86.4 cm³/mol. The number of para-hydroxylation sites is 1. The lowest BCUT2D eigenvalue weighted by Gasteiger charge is -2.24. The highest BCUT2D eigenvalue weighted by molar-refractivity contribution is 5.98. The second kappa shape index (κ2) is 6.74. The zero-order valence-corrected chi connectivity index (χ0v) is 13.6. The number of hydrogen-bond acceptors (Lipinski definition) is 5. The minimum absolute atomic E-state index is 0.0441. The third-order valence-electron chi connectivity index (χ3n) is 4.04. The van der Waals surface area contributed by atoms with E-state index in [9.17, 15) is 9.59 Å². The number of nitrogens with zero attached hydrogens (tertiary/aromatic N) is 2. The Bertz CT molecular complexity index is 756. The van der Waals surface area contributed by atoms with Gasteiger partial charge in [0, 0.05) is 18.1 Å². The Kier molecular flexibility index (Phi) is 4.50. The van der Waals surface area contributed by atoms with Crippen LogP contribution in [-0.2, 0) is 16.1 Å². The number of carbonyl (C=O) groups is 2. The normalized spacial score (nSPS) is 17.2. The van der Waals surface area contributed by atoms with Gasteiger partial charge in [0.15, 0.2) is 5.82 Å². The maximum atomic E-state index is 12.5. The molecule has 1 unspecified atom stereocenters. The van der Waals surface area contributed by atoms with Crippen molar-refractivity contribution in [3.63, 3.8) is 0 Å². The van der Waals surface area contributed by atoms with E-state index in [0.29, 0.717) is 36.7 Å². The smallest absolute Gasteiger partial charge is 0.248 e. The molecule has 1 atom stereocenters. The first-order chi connectivity index (χ1) is 11.6. The van der Waals surface area contributed by atoms with Gasteiger partial charge in [-0.05, 0) is 19.4 Å². The van der Waals surface area contributed by atoms with Crippen LogP contribution in [0.15, 0.2) is 34.9 Å². The lowest BCUT2D eigenvalue weighted by molar-refractivity contribution is -0.133. The molecule has 0 radical (unpaired) electrons. The van der Waals surface area contributed by atoms with Crippen LogP contribution in [0.4, 0.5) is 5.82 Å². The fourth-order valence-corrected chi connectivity index (χ4v) is 2.86. The minimum Gasteiger partial charge on any atom is -0.496 e. The van der Waals surface area contributed by atoms with Gasteiger partial charge in [-0.2, -0.15) is 0 Å². The summed E-state index contributed by atoms with van der Waals surface area (Å²) < 4.78 is 10.3. The molecule has 24 heavy (non-hydrogen) atoms. The summed E-state index contributed by atoms with van der Waals surface area (Å²) in [5, 5.41) is 6.45. The van der Waals surface area contributed by atoms with Crippen LogP contribution in [0.3, 0.4) is 0 Å². The number of aromatic nitrogens is 1. The molecule has 1 saturated heterocycles. The number of anilines is 1. The third-order valence-corrected chi connectivity index (χ3v) is 4.04. The van der Waals surface area contributed by atoms with Gasteiger partial charge in [-0.25, -0.2) is 0 Å². The topological polar surface area (TPSA) is 84.7 Å². The minimum atomic E-state index is -0.528. The zero-order valence-electron chi connectivity index (χ0n) is 13.6. The van der Waals surface area contributed by atoms with Crippen LogP contribution in [0.25, 0.3) is 0 Å². The van der Waals surface area contributed by atoms with Gasteiger partial charge in [0.05, 0.1) is 13.7 Å². The van der Waals surface area contributed by atoms with Crippen molar-refractivity contribution in [3.8, 4) is 5.75 Å². The van der Waals surface area contributed by atoms with Crippen LogP contribution in [0.5, 0.6) is 5.75 Å². The highest BCUT2D eigenvalue weighted by atomic mass is 16.5. The van der Waals surface area contributed by atoms with Crippen molar-refractivity contribution in [1.29, 1.82) is 0 Å². The molecule has 1 aromatic carbocycles. The summed E-state index contributed by atoms with van der Waals surface area (Å²) >= 11 is 0. The van der Waals surface area contributed by atoms with Crippen molar-refractivity contribution < 1.29 is 18.8 Å². The Morgan fingerprint density at radius 1 is 1.46 bits per heavy atom. The molecule has 1 aliphatic rings. The van der Waals surface area contributed by atoms with E-state index in [2.05, 4.69) is 10.5 Å². The fraction of sp³-hybridized carbons (Fsp3) is 0.353. The first kappa shape index (κ1) is 16.0. The Labute approximate surface area is 139 Å². The van der Waals surface area contributed by atoms with Crippen LogP contribution < -0.4 is 10.1 Å². The van der Waals surface area contributed by atoms with Crippen molar-refractivity contribution in [2.75, 3.05) is 12.4 Å². The molecule has 1 aromatic heterocycles. The van der Waals surface area contributed by atoms with Gasteiger partial charge in [0.2, 0.25) is 11.8 Å². The maximum absolute atomic E-state index is 12.5. The van der Waals surface area contributed by atoms with Gasteiger partial charge >= 0.3 is 0 Å². The molecule has 7 nitrogen and oxygen atoms in total. The molecule has 3 rings (SSSR count). The van der Waals surface area contributed by atoms with E-state index in [1.807, 2.05) is 24.3 Å². The first-order valence-corrected chi connectivity index (χ1v) is 7.74. The molecule has 0 aliphatic carbocycles. The molecule has 126 valence electrons. The quantitative estimate of drug-likeness (QED) is 0.908. The molecule has 2 aromatic rings. The van der Waals surface area contributed by atoms with Crippen molar-refractivity contribution in [1.82, 2.24) is 10.1 Å². The van der Waals surface area contributed by atoms with Gasteiger partial charge in [0.25, 0.3) is 0 Å². The van der Waals surface area contributed by atoms with E-state index in [1.165, 1.54) is 0 Å². The van der Waals surface area contributed by atoms with Gasteiger partial charge in [-0.3, -0.25) is 9.59 Å². The summed E-state index contributed by atoms with van der Waals surface area (Å²) in [4.78, 5) is 26.3. The average Bonchev–Trinajstić information content (AvgIpc) is 3.14. The van der Waals surface area contributed by atoms with Gasteiger partial charge < -0.3 is 19.5 Å². The fourth-order valence-electron chi connectivity index (χ4n) is 2.86. The number of aryl methyl sites for hydroxylation is 1. The third kappa shape index (κ3) is 3.24. The van der Waals surface area contributed by atoms with Crippen LogP contribution in [0.2, 0.25) is 0 Å². The number of hydrogen-bond donors (Lipinski definition) is 1. The number of carbonyl (C=O) groups excluding carboxylic acids is 2. The highest BCUT2D eigenvalue weighted by Gasteiger charge is 2.36. The van der Waals surface area contributed by atoms with E-state index < -0.39 is 6.04 Å². The summed E-state index contributed by atoms with van der Waals surface area (Å²) in [5.41, 5.74) is 0.866. The molecule has 1 aliphatic heterocycles. The predicted octanol–water partition coefficient (Wildman–Crippen LogP) is 2.12. The van der Waals surface area contributed by atoms with Gasteiger partial charge in [0.1, 0.15) is 17.6 Å². The Morgan fingerprint density at radius 3 is 2.96 bits per heavy atom. The Balaban J connectivity index is 1.75. The highest BCUT2D eigenvalue weighted by Crippen LogP contribution is 2.26. The van der Waals surface area contributed by atoms with E-state index in [4.69, 9.17) is 9.26 Å². The van der Waals surface area contributed by atoms with Crippen LogP contribution in [-0.4, -0.2) is 35.0 Å². The monoisotopic (exact) mass is 329 g/mol. The Morgan fingerprint density at radius 2 is 2.25 bits per heavy atom. The summed E-state index contributed by atoms with van der Waals surface area (Å²) in [6.07, 6.45) is 0.835. The molecular formula is C17H19N3O4. The molecule has 0 bridgehead atoms. The number of nitrogens with one attached hydrogen (secondary N) is 1. The molecule has 2 heterocycles. The number of benzene rings is 1. The number of likely N-dealkylation sites (tertiary alicyclic amines) is 1. The first-order valence-electron chi connectivity index (χ1n) is 7.74. The lowest BCUT2D eigenvalue weighted by Crippen LogP contribution is -2.41. The van der Waals surface area contributed by atoms with Gasteiger partial charge in [-0.1, -0.05) is 23.4 Å². The van der Waals surface area contributed by atoms with Crippen LogP contribution in [0, 0.1) is 6.92 Å². The van der Waals surface area contributed by atoms with Crippen LogP contribution in [0.1, 0.15) is 24.2 Å². The summed E-state index contributed by atoms with van der Waals surface area (Å²) in [7, 11) is 1.59. The molecule has 7 heteroatoms. The number of rotatable bonds is 5. The molecular weight excluding hydrogens is 310 g/mol. The molecule has 0 saturated carbocycles. The Hall–Kier alpha value is -2.83. The molecule has 1 fully saturated rings. The van der Waals surface area contributed by atoms with Crippen molar-refractivity contribution in [2.24, 2.45) is 0 Å². The van der Waals surface area contributed by atoms with Gasteiger partial charge in [-0.15, -0.1) is 0 Å². The van der Waals surface area contributed by atoms with Crippen LogP contribution >= 0.6 is 0 Å². The van der Waals surface area contributed by atoms with Crippen molar-refractivity contribution in [3.05, 3.63) is 41.7 Å². The van der Waals surface area contributed by atoms with E-state index in [1.54, 1.807) is 25.0 Å². The van der Waals surface area contributed by atoms with E-state index >= 15 is 0 Å². The summed E-state index contributed by atoms with van der Waals surface area (Å²) in [5.74, 6) is 1.36. The zero-order chi connectivity index (χ0) is 17.1. The van der Waals surface area contributed by atoms with E-state index in [0.717, 1.165) is 5.56 Å². The summed E-state index contributed by atoms with van der Waals surface area (Å²) in [6.45, 7) is 2.08. The lowest BCUT2D eigenvalue weighted by atomic mass is 10.1. The standard InChI is InChI=1S/C17H19N3O4/c1-11-9-15(19-24-11)18-17(22)13-7-8-16(21)20(13)10-12-5-3-4-6-14(12)23-2/h3-6,9,13H,7-8,10H2,1-2H3,(H,18,19,22). The number of methoxy groups -OCH3 is 1. The summed E-state index contributed by atoms with van der Waals surface area (Å²) in [6, 6.07) is 8.58. The second-order valence-electron chi connectivity index (χ2n) is 5.70. The number of amides is 2. The van der Waals surface area contributed by atoms with Crippen molar-refractivity contribution >= 4 is 17.6 Å². The molecule has 0 spiro atoms. The second-order valence-corrected chi connectivity index (χ2v) is 5.70. The van der Waals surface area contributed by atoms with Crippen molar-refractivity contribution in [2.45, 2.75) is 32.4 Å². The largest absolute Gasteiger partial charge is 0.496 e. The maximum Gasteiger partial charge on any atom is 0.248 e. The van der Waals surface area contributed by atoms with E-state index in [-0.39, 0.29) is 11.8 Å². The molecule has 1 N–H and O–H groups in total. The number of ether oxygens (including phenoxy) is 1. The average molecular weight is 329 g/mol. The SMILES string of the molecule is COc1ccccc1CN1C(=O)CCC1C(=O)Nc1cc(C)on1. The molecule has 2 amide bonds.